The SMILES string of the molecule is CC(C)(C)OC1(CCN)CCSC1. The van der Waals surface area contributed by atoms with Crippen LogP contribution in [0.3, 0.4) is 0 Å². The zero-order valence-electron chi connectivity index (χ0n) is 8.93. The number of ether oxygens (including phenoxy) is 1. The van der Waals surface area contributed by atoms with Crippen LogP contribution in [-0.2, 0) is 4.74 Å². The van der Waals surface area contributed by atoms with E-state index in [9.17, 15) is 0 Å². The molecular formula is C10H21NOS. The maximum atomic E-state index is 6.13. The first kappa shape index (κ1) is 11.3. The molecule has 0 amide bonds. The molecule has 1 fully saturated rings. The average Bonchev–Trinajstić information content (AvgIpc) is 2.33. The lowest BCUT2D eigenvalue weighted by atomic mass is 9.97. The second-order valence-corrected chi connectivity index (χ2v) is 5.84. The molecule has 1 heterocycles. The number of rotatable bonds is 3. The van der Waals surface area contributed by atoms with E-state index >= 15 is 0 Å². The van der Waals surface area contributed by atoms with Crippen molar-refractivity contribution in [3.8, 4) is 0 Å². The Bertz CT molecular complexity index is 159. The van der Waals surface area contributed by atoms with Crippen LogP contribution in [0.4, 0.5) is 0 Å². The molecule has 1 rings (SSSR count). The van der Waals surface area contributed by atoms with Gasteiger partial charge in [-0.05, 0) is 45.9 Å². The summed E-state index contributed by atoms with van der Waals surface area (Å²) in [6, 6.07) is 0. The lowest BCUT2D eigenvalue weighted by Gasteiger charge is -2.35. The van der Waals surface area contributed by atoms with Crippen molar-refractivity contribution in [3.05, 3.63) is 0 Å². The molecular weight excluding hydrogens is 182 g/mol. The summed E-state index contributed by atoms with van der Waals surface area (Å²) in [6.45, 7) is 7.09. The third kappa shape index (κ3) is 3.49. The highest BCUT2D eigenvalue weighted by atomic mass is 32.2. The van der Waals surface area contributed by atoms with Gasteiger partial charge in [-0.1, -0.05) is 0 Å². The van der Waals surface area contributed by atoms with Crippen molar-refractivity contribution in [1.82, 2.24) is 0 Å². The summed E-state index contributed by atoms with van der Waals surface area (Å²) < 4.78 is 6.13. The number of hydrogen-bond acceptors (Lipinski definition) is 3. The molecule has 1 atom stereocenters. The zero-order valence-corrected chi connectivity index (χ0v) is 9.75. The molecule has 1 aliphatic heterocycles. The van der Waals surface area contributed by atoms with Crippen LogP contribution >= 0.6 is 11.8 Å². The summed E-state index contributed by atoms with van der Waals surface area (Å²) in [4.78, 5) is 0. The smallest absolute Gasteiger partial charge is 0.0799 e. The minimum atomic E-state index is -0.0416. The van der Waals surface area contributed by atoms with Gasteiger partial charge in [0.15, 0.2) is 0 Å². The molecule has 0 radical (unpaired) electrons. The summed E-state index contributed by atoms with van der Waals surface area (Å²) in [7, 11) is 0. The number of thioether (sulfide) groups is 1. The molecule has 1 unspecified atom stereocenters. The molecule has 13 heavy (non-hydrogen) atoms. The molecule has 2 N–H and O–H groups in total. The van der Waals surface area contributed by atoms with Crippen LogP contribution in [0.5, 0.6) is 0 Å². The Balaban J connectivity index is 2.56. The Morgan fingerprint density at radius 3 is 2.54 bits per heavy atom. The van der Waals surface area contributed by atoms with Crippen LogP contribution in [0.2, 0.25) is 0 Å². The molecule has 2 nitrogen and oxygen atoms in total. The molecule has 1 aliphatic rings. The first-order chi connectivity index (χ1) is 5.97. The van der Waals surface area contributed by atoms with Gasteiger partial charge < -0.3 is 10.5 Å². The second kappa shape index (κ2) is 4.20. The molecule has 0 bridgehead atoms. The fourth-order valence-corrected chi connectivity index (χ4v) is 3.21. The number of nitrogens with two attached hydrogens (primary N) is 1. The van der Waals surface area contributed by atoms with E-state index in [0.29, 0.717) is 0 Å². The van der Waals surface area contributed by atoms with Gasteiger partial charge in [0, 0.05) is 5.75 Å². The largest absolute Gasteiger partial charge is 0.368 e. The zero-order chi connectivity index (χ0) is 9.95. The summed E-state index contributed by atoms with van der Waals surface area (Å²) in [5.74, 6) is 2.33. The molecule has 78 valence electrons. The van der Waals surface area contributed by atoms with E-state index in [1.165, 1.54) is 5.75 Å². The van der Waals surface area contributed by atoms with Crippen LogP contribution in [0.25, 0.3) is 0 Å². The maximum absolute atomic E-state index is 6.13. The van der Waals surface area contributed by atoms with Gasteiger partial charge in [-0.3, -0.25) is 0 Å². The third-order valence-corrected chi connectivity index (χ3v) is 3.41. The molecule has 0 spiro atoms. The Labute approximate surface area is 85.6 Å². The first-order valence-electron chi connectivity index (χ1n) is 4.95. The van der Waals surface area contributed by atoms with Crippen molar-refractivity contribution in [2.24, 2.45) is 5.73 Å². The molecule has 0 aromatic heterocycles. The van der Waals surface area contributed by atoms with Gasteiger partial charge >= 0.3 is 0 Å². The Hall–Kier alpha value is 0.270. The normalized spacial score (nSPS) is 29.5. The predicted molar refractivity (Wildman–Crippen MR) is 59.2 cm³/mol. The van der Waals surface area contributed by atoms with Crippen LogP contribution in [-0.4, -0.2) is 29.3 Å². The van der Waals surface area contributed by atoms with Gasteiger partial charge in [-0.2, -0.15) is 11.8 Å². The van der Waals surface area contributed by atoms with Crippen LogP contribution < -0.4 is 5.73 Å². The molecule has 0 saturated carbocycles. The summed E-state index contributed by atoms with van der Waals surface area (Å²) in [5.41, 5.74) is 5.65. The van der Waals surface area contributed by atoms with E-state index in [1.54, 1.807) is 0 Å². The van der Waals surface area contributed by atoms with Crippen LogP contribution in [0.1, 0.15) is 33.6 Å². The Morgan fingerprint density at radius 1 is 1.46 bits per heavy atom. The van der Waals surface area contributed by atoms with E-state index in [-0.39, 0.29) is 11.2 Å². The van der Waals surface area contributed by atoms with E-state index in [1.807, 2.05) is 11.8 Å². The monoisotopic (exact) mass is 203 g/mol. The van der Waals surface area contributed by atoms with Gasteiger partial charge in [0.25, 0.3) is 0 Å². The van der Waals surface area contributed by atoms with Gasteiger partial charge in [-0.25, -0.2) is 0 Å². The van der Waals surface area contributed by atoms with Crippen molar-refractivity contribution in [2.45, 2.75) is 44.8 Å². The fourth-order valence-electron chi connectivity index (χ4n) is 1.83. The maximum Gasteiger partial charge on any atom is 0.0799 e. The molecule has 1 saturated heterocycles. The highest BCUT2D eigenvalue weighted by Gasteiger charge is 2.37. The number of hydrogen-bond donors (Lipinski definition) is 1. The Kier molecular flexibility index (Phi) is 3.66. The van der Waals surface area contributed by atoms with E-state index in [2.05, 4.69) is 20.8 Å². The van der Waals surface area contributed by atoms with Crippen molar-refractivity contribution < 1.29 is 4.74 Å². The first-order valence-corrected chi connectivity index (χ1v) is 6.11. The summed E-state index contributed by atoms with van der Waals surface area (Å²) in [6.07, 6.45) is 2.16. The topological polar surface area (TPSA) is 35.2 Å². The molecule has 0 aliphatic carbocycles. The van der Waals surface area contributed by atoms with Gasteiger partial charge in [0.2, 0.25) is 0 Å². The van der Waals surface area contributed by atoms with Crippen LogP contribution in [0.15, 0.2) is 0 Å². The van der Waals surface area contributed by atoms with Gasteiger partial charge in [0.05, 0.1) is 11.2 Å². The lowest BCUT2D eigenvalue weighted by Crippen LogP contribution is -2.41. The van der Waals surface area contributed by atoms with Crippen molar-refractivity contribution in [1.29, 1.82) is 0 Å². The average molecular weight is 203 g/mol. The minimum absolute atomic E-state index is 0.0416. The molecule has 3 heteroatoms. The standard InChI is InChI=1S/C10H21NOS/c1-9(2,3)12-10(4-6-11)5-7-13-8-10/h4-8,11H2,1-3H3. The fraction of sp³-hybridized carbons (Fsp3) is 1.00. The lowest BCUT2D eigenvalue weighted by molar-refractivity contribution is -0.120. The van der Waals surface area contributed by atoms with Crippen molar-refractivity contribution in [2.75, 3.05) is 18.1 Å². The van der Waals surface area contributed by atoms with Crippen molar-refractivity contribution >= 4 is 11.8 Å². The highest BCUT2D eigenvalue weighted by molar-refractivity contribution is 7.99. The molecule has 0 aromatic carbocycles. The Morgan fingerprint density at radius 2 is 2.15 bits per heavy atom. The molecule has 0 aromatic rings. The van der Waals surface area contributed by atoms with Crippen molar-refractivity contribution in [3.63, 3.8) is 0 Å². The second-order valence-electron chi connectivity index (χ2n) is 4.74. The van der Waals surface area contributed by atoms with Crippen LogP contribution in [0, 0.1) is 0 Å². The van der Waals surface area contributed by atoms with Gasteiger partial charge in [-0.15, -0.1) is 0 Å². The van der Waals surface area contributed by atoms with E-state index in [0.717, 1.165) is 25.1 Å². The van der Waals surface area contributed by atoms with E-state index < -0.39 is 0 Å². The highest BCUT2D eigenvalue weighted by Crippen LogP contribution is 2.36. The predicted octanol–water partition coefficient (Wildman–Crippen LogP) is 2.03. The summed E-state index contributed by atoms with van der Waals surface area (Å²) >= 11 is 1.98. The quantitative estimate of drug-likeness (QED) is 0.762. The van der Waals surface area contributed by atoms with Gasteiger partial charge in [0.1, 0.15) is 0 Å². The summed E-state index contributed by atoms with van der Waals surface area (Å²) in [5, 5.41) is 0. The third-order valence-electron chi connectivity index (χ3n) is 2.19. The minimum Gasteiger partial charge on any atom is -0.368 e. The van der Waals surface area contributed by atoms with E-state index in [4.69, 9.17) is 10.5 Å².